The van der Waals surface area contributed by atoms with Crippen molar-refractivity contribution >= 4 is 21.6 Å². The maximum Gasteiger partial charge on any atom is 0.416 e. The summed E-state index contributed by atoms with van der Waals surface area (Å²) in [5.41, 5.74) is 0.306. The third kappa shape index (κ3) is 11.1. The summed E-state index contributed by atoms with van der Waals surface area (Å²) in [4.78, 5) is 17.9. The number of carbonyl (C=O) groups is 1. The zero-order chi connectivity index (χ0) is 37.3. The Hall–Kier alpha value is -3.85. The van der Waals surface area contributed by atoms with Crippen LogP contribution in [0.4, 0.5) is 18.9 Å². The van der Waals surface area contributed by atoms with Crippen molar-refractivity contribution < 1.29 is 45.7 Å². The minimum Gasteiger partial charge on any atom is -0.497 e. The van der Waals surface area contributed by atoms with Crippen LogP contribution in [0.1, 0.15) is 61.5 Å². The van der Waals surface area contributed by atoms with E-state index >= 15 is 0 Å². The van der Waals surface area contributed by atoms with E-state index in [4.69, 9.17) is 14.2 Å². The molecule has 0 aliphatic carbocycles. The van der Waals surface area contributed by atoms with Gasteiger partial charge in [0.05, 0.1) is 48.0 Å². The molecule has 1 aliphatic rings. The Bertz CT molecular complexity index is 1690. The second-order valence-electron chi connectivity index (χ2n) is 13.2. The van der Waals surface area contributed by atoms with Gasteiger partial charge in [0.1, 0.15) is 11.5 Å². The molecule has 280 valence electrons. The number of ether oxygens (including phenoxy) is 3. The first-order valence-corrected chi connectivity index (χ1v) is 18.4. The van der Waals surface area contributed by atoms with Crippen LogP contribution in [-0.4, -0.2) is 87.9 Å². The lowest BCUT2D eigenvalue weighted by atomic mass is 10.0. The topological polar surface area (TPSA) is 118 Å². The average molecular weight is 736 g/mol. The van der Waals surface area contributed by atoms with Gasteiger partial charge in [0.25, 0.3) is 15.9 Å². The van der Waals surface area contributed by atoms with Crippen molar-refractivity contribution in [2.45, 2.75) is 75.9 Å². The minimum absolute atomic E-state index is 0.0123. The van der Waals surface area contributed by atoms with Gasteiger partial charge >= 0.3 is 6.18 Å². The summed E-state index contributed by atoms with van der Waals surface area (Å²) in [7, 11) is -0.672. The van der Waals surface area contributed by atoms with Crippen LogP contribution in [-0.2, 0) is 27.5 Å². The van der Waals surface area contributed by atoms with Crippen LogP contribution in [0.5, 0.6) is 11.5 Å². The number of methoxy groups -OCH3 is 1. The highest BCUT2D eigenvalue weighted by atomic mass is 32.2. The third-order valence-electron chi connectivity index (χ3n) is 8.90. The van der Waals surface area contributed by atoms with Gasteiger partial charge in [-0.05, 0) is 100 Å². The number of aliphatic hydroxyl groups excluding tert-OH is 1. The molecule has 0 spiro atoms. The highest BCUT2D eigenvalue weighted by Crippen LogP contribution is 2.31. The number of nitrogens with zero attached hydrogens (tertiary/aromatic N) is 2. The Kier molecular flexibility index (Phi) is 13.8. The number of halogens is 3. The Morgan fingerprint density at radius 3 is 2.37 bits per heavy atom. The molecule has 1 unspecified atom stereocenters. The second-order valence-corrected chi connectivity index (χ2v) is 14.9. The van der Waals surface area contributed by atoms with E-state index < -0.39 is 33.7 Å². The second kappa shape index (κ2) is 17.6. The summed E-state index contributed by atoms with van der Waals surface area (Å²) < 4.78 is 86.1. The number of sulfonamides is 1. The fourth-order valence-electron chi connectivity index (χ4n) is 5.90. The first kappa shape index (κ1) is 39.9. The van der Waals surface area contributed by atoms with Crippen LogP contribution in [0.2, 0.25) is 0 Å². The quantitative estimate of drug-likeness (QED) is 0.245. The van der Waals surface area contributed by atoms with Gasteiger partial charge in [-0.2, -0.15) is 13.2 Å². The molecule has 0 radical (unpaired) electrons. The number of likely N-dealkylation sites (N-methyl/N-ethyl adjacent to an activating group) is 1. The van der Waals surface area contributed by atoms with Crippen LogP contribution in [0.25, 0.3) is 0 Å². The van der Waals surface area contributed by atoms with Gasteiger partial charge in [0.15, 0.2) is 0 Å². The summed E-state index contributed by atoms with van der Waals surface area (Å²) in [5.74, 6) is 0.109. The lowest BCUT2D eigenvalue weighted by Gasteiger charge is -2.36. The number of rotatable bonds is 10. The fraction of sp³-hybridized carbons (Fsp3) is 0.486. The zero-order valence-electron chi connectivity index (χ0n) is 29.7. The Balaban J connectivity index is 1.61. The zero-order valence-corrected chi connectivity index (χ0v) is 30.5. The molecule has 0 fully saturated rings. The molecule has 10 nitrogen and oxygen atoms in total. The smallest absolute Gasteiger partial charge is 0.416 e. The Morgan fingerprint density at radius 2 is 1.75 bits per heavy atom. The van der Waals surface area contributed by atoms with Crippen LogP contribution in [0.3, 0.4) is 0 Å². The van der Waals surface area contributed by atoms with Crippen molar-refractivity contribution in [2.24, 2.45) is 5.92 Å². The number of aliphatic hydroxyl groups is 1. The molecule has 2 N–H and O–H groups in total. The summed E-state index contributed by atoms with van der Waals surface area (Å²) in [5, 5.41) is 10.2. The lowest BCUT2D eigenvalue weighted by molar-refractivity contribution is -0.137. The van der Waals surface area contributed by atoms with Crippen LogP contribution >= 0.6 is 0 Å². The van der Waals surface area contributed by atoms with Crippen LogP contribution in [0, 0.1) is 5.92 Å². The number of fused-ring (bicyclic) bond motifs is 1. The Labute approximate surface area is 298 Å². The molecule has 0 saturated carbocycles. The highest BCUT2D eigenvalue weighted by molar-refractivity contribution is 7.92. The summed E-state index contributed by atoms with van der Waals surface area (Å²) in [6, 6.07) is 14.9. The molecule has 4 rings (SSSR count). The van der Waals surface area contributed by atoms with E-state index in [-0.39, 0.29) is 47.4 Å². The summed E-state index contributed by atoms with van der Waals surface area (Å²) >= 11 is 0. The van der Waals surface area contributed by atoms with E-state index in [9.17, 15) is 31.5 Å². The molecule has 14 heteroatoms. The number of anilines is 1. The predicted octanol–water partition coefficient (Wildman–Crippen LogP) is 6.44. The largest absolute Gasteiger partial charge is 0.497 e. The fourth-order valence-corrected chi connectivity index (χ4v) is 6.95. The molecular formula is C37H48F3N3O7S. The van der Waals surface area contributed by atoms with E-state index in [0.29, 0.717) is 43.2 Å². The lowest BCUT2D eigenvalue weighted by Crippen LogP contribution is -2.47. The third-order valence-corrected chi connectivity index (χ3v) is 10.3. The average Bonchev–Trinajstić information content (AvgIpc) is 3.09. The van der Waals surface area contributed by atoms with Crippen LogP contribution < -0.4 is 14.2 Å². The normalized spacial score (nSPS) is 20.2. The van der Waals surface area contributed by atoms with Crippen molar-refractivity contribution in [3.05, 3.63) is 83.4 Å². The standard InChI is InChI=1S/C37H48F3N3O7S/c1-25-21-43(26(2)24-44)36(45)33-20-30(41-51(46,47)32-16-14-31(48-5)15-17-32)13-18-34(33)50-27(3)8-6-7-19-49-35(25)23-42(4)22-28-9-11-29(12-10-28)37(38,39)40/h9-18,20,25-27,35,41,44H,6-8,19,21-24H2,1-5H3/t25-,26-,27-,35?/m1/s1. The minimum atomic E-state index is -4.41. The number of nitrogens with one attached hydrogen (secondary N) is 1. The van der Waals surface area contributed by atoms with E-state index in [1.165, 1.54) is 54.5 Å². The molecule has 4 atom stereocenters. The first-order valence-electron chi connectivity index (χ1n) is 17.0. The number of carbonyl (C=O) groups excluding carboxylic acids is 1. The number of benzene rings is 3. The van der Waals surface area contributed by atoms with Gasteiger partial charge in [0.2, 0.25) is 0 Å². The number of amides is 1. The summed E-state index contributed by atoms with van der Waals surface area (Å²) in [6.45, 7) is 6.73. The highest BCUT2D eigenvalue weighted by Gasteiger charge is 2.32. The van der Waals surface area contributed by atoms with Gasteiger partial charge in [-0.1, -0.05) is 19.1 Å². The molecule has 0 bridgehead atoms. The molecule has 0 saturated heterocycles. The van der Waals surface area contributed by atoms with Gasteiger partial charge in [-0.3, -0.25) is 14.4 Å². The maximum absolute atomic E-state index is 14.4. The monoisotopic (exact) mass is 735 g/mol. The van der Waals surface area contributed by atoms with Crippen molar-refractivity contribution in [3.63, 3.8) is 0 Å². The SMILES string of the molecule is COc1ccc(S(=O)(=O)Nc2ccc3c(c2)C(=O)N([C@H](C)CO)C[C@@H](C)C(CN(C)Cc2ccc(C(F)(F)F)cc2)OCCCC[C@@H](C)O3)cc1. The Morgan fingerprint density at radius 1 is 1.06 bits per heavy atom. The molecule has 1 heterocycles. The predicted molar refractivity (Wildman–Crippen MR) is 188 cm³/mol. The number of hydrogen-bond acceptors (Lipinski definition) is 8. The first-order chi connectivity index (χ1) is 24.1. The van der Waals surface area contributed by atoms with Crippen LogP contribution in [0.15, 0.2) is 71.6 Å². The van der Waals surface area contributed by atoms with E-state index in [1.54, 1.807) is 19.1 Å². The van der Waals surface area contributed by atoms with Gasteiger partial charge in [0, 0.05) is 37.8 Å². The molecule has 51 heavy (non-hydrogen) atoms. The van der Waals surface area contributed by atoms with E-state index in [2.05, 4.69) is 4.72 Å². The molecule has 0 aromatic heterocycles. The van der Waals surface area contributed by atoms with Crippen molar-refractivity contribution in [1.29, 1.82) is 0 Å². The van der Waals surface area contributed by atoms with E-state index in [0.717, 1.165) is 25.0 Å². The van der Waals surface area contributed by atoms with Gasteiger partial charge in [-0.15, -0.1) is 0 Å². The molecule has 3 aromatic carbocycles. The molecule has 1 aliphatic heterocycles. The van der Waals surface area contributed by atoms with Crippen molar-refractivity contribution in [1.82, 2.24) is 9.80 Å². The van der Waals surface area contributed by atoms with Crippen molar-refractivity contribution in [2.75, 3.05) is 45.2 Å². The van der Waals surface area contributed by atoms with E-state index in [1.807, 2.05) is 25.8 Å². The molecular weight excluding hydrogens is 687 g/mol. The number of hydrogen-bond donors (Lipinski definition) is 2. The number of alkyl halides is 3. The maximum atomic E-state index is 14.4. The van der Waals surface area contributed by atoms with Gasteiger partial charge < -0.3 is 24.2 Å². The van der Waals surface area contributed by atoms with Gasteiger partial charge in [-0.25, -0.2) is 8.42 Å². The van der Waals surface area contributed by atoms with Crippen molar-refractivity contribution in [3.8, 4) is 11.5 Å². The molecule has 1 amide bonds. The molecule has 3 aromatic rings. The summed E-state index contributed by atoms with van der Waals surface area (Å²) in [6.07, 6.45) is -2.81.